The molecule has 0 fully saturated rings. The van der Waals surface area contributed by atoms with E-state index in [4.69, 9.17) is 16.3 Å². The van der Waals surface area contributed by atoms with E-state index in [1.807, 2.05) is 19.2 Å². The lowest BCUT2D eigenvalue weighted by Gasteiger charge is -2.17. The SMILES string of the molecule is Cc1nc(COc2cc(C)n(-c3ccnc(-c4nc(C(C)(C)O)ncc4C)c3)c(=O)c2Cl)cs1. The van der Waals surface area contributed by atoms with Crippen molar-refractivity contribution in [2.75, 3.05) is 0 Å². The zero-order valence-electron chi connectivity index (χ0n) is 19.5. The second-order valence-corrected chi connectivity index (χ2v) is 9.87. The van der Waals surface area contributed by atoms with Crippen molar-refractivity contribution in [3.05, 3.63) is 79.1 Å². The van der Waals surface area contributed by atoms with Gasteiger partial charge < -0.3 is 9.84 Å². The molecule has 0 saturated heterocycles. The smallest absolute Gasteiger partial charge is 0.277 e. The van der Waals surface area contributed by atoms with Crippen LogP contribution in [0.1, 0.15) is 41.6 Å². The molecule has 0 amide bonds. The molecule has 0 bridgehead atoms. The van der Waals surface area contributed by atoms with E-state index < -0.39 is 11.2 Å². The average Bonchev–Trinajstić information content (AvgIpc) is 3.20. The first kappa shape index (κ1) is 24.0. The van der Waals surface area contributed by atoms with E-state index in [0.717, 1.165) is 16.3 Å². The first-order valence-electron chi connectivity index (χ1n) is 10.5. The highest BCUT2D eigenvalue weighted by molar-refractivity contribution is 7.09. The summed E-state index contributed by atoms with van der Waals surface area (Å²) < 4.78 is 7.29. The van der Waals surface area contributed by atoms with Gasteiger partial charge in [0.2, 0.25) is 0 Å². The highest BCUT2D eigenvalue weighted by Crippen LogP contribution is 2.27. The van der Waals surface area contributed by atoms with E-state index in [2.05, 4.69) is 19.9 Å². The molecule has 0 atom stereocenters. The van der Waals surface area contributed by atoms with E-state index in [1.54, 1.807) is 51.4 Å². The predicted molar refractivity (Wildman–Crippen MR) is 132 cm³/mol. The monoisotopic (exact) mass is 497 g/mol. The molecule has 10 heteroatoms. The third-order valence-corrected chi connectivity index (χ3v) is 6.28. The van der Waals surface area contributed by atoms with Crippen LogP contribution in [0.25, 0.3) is 17.1 Å². The van der Waals surface area contributed by atoms with Crippen LogP contribution >= 0.6 is 22.9 Å². The van der Waals surface area contributed by atoms with Gasteiger partial charge in [-0.2, -0.15) is 0 Å². The lowest BCUT2D eigenvalue weighted by atomic mass is 10.1. The Hall–Kier alpha value is -3.14. The molecule has 4 aromatic heterocycles. The minimum atomic E-state index is -1.20. The summed E-state index contributed by atoms with van der Waals surface area (Å²) in [4.78, 5) is 30.7. The van der Waals surface area contributed by atoms with E-state index in [-0.39, 0.29) is 17.5 Å². The molecule has 1 N–H and O–H groups in total. The second kappa shape index (κ2) is 9.25. The second-order valence-electron chi connectivity index (χ2n) is 8.43. The number of pyridine rings is 2. The molecule has 0 spiro atoms. The lowest BCUT2D eigenvalue weighted by molar-refractivity contribution is 0.0688. The maximum absolute atomic E-state index is 13.2. The van der Waals surface area contributed by atoms with Crippen molar-refractivity contribution in [2.24, 2.45) is 0 Å². The summed E-state index contributed by atoms with van der Waals surface area (Å²) >= 11 is 7.94. The molecule has 176 valence electrons. The highest BCUT2D eigenvalue weighted by atomic mass is 35.5. The van der Waals surface area contributed by atoms with Crippen LogP contribution in [0.5, 0.6) is 5.75 Å². The van der Waals surface area contributed by atoms with Gasteiger partial charge in [-0.25, -0.2) is 15.0 Å². The van der Waals surface area contributed by atoms with Crippen molar-refractivity contribution in [1.82, 2.24) is 24.5 Å². The molecule has 0 unspecified atom stereocenters. The first-order valence-corrected chi connectivity index (χ1v) is 11.8. The highest BCUT2D eigenvalue weighted by Gasteiger charge is 2.22. The fourth-order valence-corrected chi connectivity index (χ4v) is 4.21. The third-order valence-electron chi connectivity index (χ3n) is 5.11. The fourth-order valence-electron chi connectivity index (χ4n) is 3.42. The molecule has 0 aliphatic heterocycles. The predicted octanol–water partition coefficient (Wildman–Crippen LogP) is 4.53. The van der Waals surface area contributed by atoms with Gasteiger partial charge in [0.05, 0.1) is 27.8 Å². The van der Waals surface area contributed by atoms with Gasteiger partial charge in [0.25, 0.3) is 5.56 Å². The summed E-state index contributed by atoms with van der Waals surface area (Å²) in [6.07, 6.45) is 3.25. The van der Waals surface area contributed by atoms with Gasteiger partial charge in [-0.3, -0.25) is 14.3 Å². The summed E-state index contributed by atoms with van der Waals surface area (Å²) in [5, 5.41) is 13.1. The molecule has 0 saturated carbocycles. The van der Waals surface area contributed by atoms with Gasteiger partial charge in [-0.15, -0.1) is 11.3 Å². The Kier molecular flexibility index (Phi) is 6.53. The molecule has 0 radical (unpaired) electrons. The van der Waals surface area contributed by atoms with Gasteiger partial charge in [0.1, 0.15) is 23.0 Å². The zero-order chi connectivity index (χ0) is 24.6. The number of aliphatic hydroxyl groups is 1. The Morgan fingerprint density at radius 1 is 1.18 bits per heavy atom. The van der Waals surface area contributed by atoms with Crippen LogP contribution in [0.3, 0.4) is 0 Å². The van der Waals surface area contributed by atoms with Crippen molar-refractivity contribution < 1.29 is 9.84 Å². The van der Waals surface area contributed by atoms with Crippen LogP contribution in [-0.4, -0.2) is 29.6 Å². The summed E-state index contributed by atoms with van der Waals surface area (Å²) in [5.41, 5.74) is 2.32. The molecular formula is C24H24ClN5O3S. The number of aromatic nitrogens is 5. The molecule has 0 aromatic carbocycles. The van der Waals surface area contributed by atoms with Crippen LogP contribution < -0.4 is 10.3 Å². The van der Waals surface area contributed by atoms with Gasteiger partial charge in [0, 0.05) is 29.5 Å². The van der Waals surface area contributed by atoms with Crippen molar-refractivity contribution >= 4 is 22.9 Å². The largest absolute Gasteiger partial charge is 0.485 e. The van der Waals surface area contributed by atoms with E-state index in [9.17, 15) is 9.90 Å². The fraction of sp³-hybridized carbons (Fsp3) is 0.292. The molecule has 4 rings (SSSR count). The van der Waals surface area contributed by atoms with Crippen LogP contribution in [-0.2, 0) is 12.2 Å². The molecule has 34 heavy (non-hydrogen) atoms. The van der Waals surface area contributed by atoms with Gasteiger partial charge in [0.15, 0.2) is 5.82 Å². The van der Waals surface area contributed by atoms with Gasteiger partial charge in [-0.05, 0) is 52.3 Å². The number of hydrogen-bond donors (Lipinski definition) is 1. The van der Waals surface area contributed by atoms with Gasteiger partial charge in [-0.1, -0.05) is 11.6 Å². The van der Waals surface area contributed by atoms with Crippen molar-refractivity contribution in [2.45, 2.75) is 46.8 Å². The van der Waals surface area contributed by atoms with Crippen LogP contribution in [0.4, 0.5) is 0 Å². The van der Waals surface area contributed by atoms with Crippen molar-refractivity contribution in [3.8, 4) is 22.8 Å². The Morgan fingerprint density at radius 3 is 2.62 bits per heavy atom. The average molecular weight is 498 g/mol. The van der Waals surface area contributed by atoms with Gasteiger partial charge >= 0.3 is 0 Å². The van der Waals surface area contributed by atoms with Crippen LogP contribution in [0, 0.1) is 20.8 Å². The Bertz CT molecular complexity index is 1430. The van der Waals surface area contributed by atoms with Crippen molar-refractivity contribution in [3.63, 3.8) is 0 Å². The minimum absolute atomic E-state index is 0.0153. The van der Waals surface area contributed by atoms with Crippen LogP contribution in [0.15, 0.2) is 40.8 Å². The standard InChI is InChI=1S/C24H24ClN5O3S/c1-13-10-27-23(24(4,5)32)29-21(13)18-9-17(6-7-26-18)30-14(2)8-19(20(25)22(30)31)33-11-16-12-34-15(3)28-16/h6-10,12,32H,11H2,1-5H3. The maximum Gasteiger partial charge on any atom is 0.277 e. The van der Waals surface area contributed by atoms with E-state index in [0.29, 0.717) is 28.5 Å². The summed E-state index contributed by atoms with van der Waals surface area (Å²) in [7, 11) is 0. The van der Waals surface area contributed by atoms with Crippen LogP contribution in [0.2, 0.25) is 5.02 Å². The number of nitrogens with zero attached hydrogens (tertiary/aromatic N) is 5. The van der Waals surface area contributed by atoms with Crippen molar-refractivity contribution in [1.29, 1.82) is 0 Å². The number of aryl methyl sites for hydroxylation is 3. The molecule has 4 heterocycles. The molecular weight excluding hydrogens is 474 g/mol. The number of thiazole rings is 1. The Balaban J connectivity index is 1.72. The molecule has 0 aliphatic carbocycles. The summed E-state index contributed by atoms with van der Waals surface area (Å²) in [6.45, 7) is 9.06. The van der Waals surface area contributed by atoms with E-state index in [1.165, 1.54) is 15.9 Å². The normalized spacial score (nSPS) is 11.6. The number of ether oxygens (including phenoxy) is 1. The quantitative estimate of drug-likeness (QED) is 0.417. The molecule has 0 aliphatic rings. The summed E-state index contributed by atoms with van der Waals surface area (Å²) in [5.74, 6) is 0.593. The third kappa shape index (κ3) is 4.86. The maximum atomic E-state index is 13.2. The molecule has 8 nitrogen and oxygen atoms in total. The first-order chi connectivity index (χ1) is 16.0. The number of rotatable bonds is 6. The topological polar surface area (TPSA) is 103 Å². The minimum Gasteiger partial charge on any atom is -0.485 e. The number of halogens is 1. The lowest BCUT2D eigenvalue weighted by Crippen LogP contribution is -2.22. The summed E-state index contributed by atoms with van der Waals surface area (Å²) in [6, 6.07) is 5.21. The van der Waals surface area contributed by atoms with E-state index >= 15 is 0 Å². The number of hydrogen-bond acceptors (Lipinski definition) is 8. The molecule has 4 aromatic rings. The Morgan fingerprint density at radius 2 is 1.94 bits per heavy atom. The Labute approximate surface area is 205 Å². The zero-order valence-corrected chi connectivity index (χ0v) is 21.0.